The van der Waals surface area contributed by atoms with Crippen molar-refractivity contribution in [3.05, 3.63) is 24.3 Å². The summed E-state index contributed by atoms with van der Waals surface area (Å²) in [7, 11) is 1.82. The summed E-state index contributed by atoms with van der Waals surface area (Å²) in [6.07, 6.45) is 1.40. The van der Waals surface area contributed by atoms with E-state index >= 15 is 0 Å². The maximum absolute atomic E-state index is 11.9. The minimum Gasteiger partial charge on any atom is -0.345 e. The van der Waals surface area contributed by atoms with Crippen molar-refractivity contribution in [2.75, 3.05) is 25.5 Å². The summed E-state index contributed by atoms with van der Waals surface area (Å²) in [6.45, 7) is 1.34. The van der Waals surface area contributed by atoms with Crippen LogP contribution in [0, 0.1) is 5.92 Å². The zero-order chi connectivity index (χ0) is 15.5. The quantitative estimate of drug-likeness (QED) is 0.908. The molecule has 22 heavy (non-hydrogen) atoms. The standard InChI is InChI=1S/C15H18N4O2S/c1-19-9-10(8-13(19)20)6-7-16-15(21)17-14-11-4-2-3-5-12(11)18-22-14/h2-5,10H,6-9H2,1H3,(H2,16,17,21). The number of carbonyl (C=O) groups excluding carboxylic acids is 2. The lowest BCUT2D eigenvalue weighted by Crippen LogP contribution is -2.30. The van der Waals surface area contributed by atoms with Crippen LogP contribution in [0.25, 0.3) is 10.9 Å². The number of anilines is 1. The summed E-state index contributed by atoms with van der Waals surface area (Å²) in [5.74, 6) is 0.521. The molecule has 1 fully saturated rings. The second kappa shape index (κ2) is 6.31. The monoisotopic (exact) mass is 318 g/mol. The fourth-order valence-corrected chi connectivity index (χ4v) is 3.42. The van der Waals surface area contributed by atoms with Gasteiger partial charge in [-0.25, -0.2) is 4.79 Å². The Bertz CT molecular complexity index is 700. The summed E-state index contributed by atoms with van der Waals surface area (Å²) in [5.41, 5.74) is 0.885. The summed E-state index contributed by atoms with van der Waals surface area (Å²) < 4.78 is 4.29. The normalized spacial score (nSPS) is 18.0. The maximum Gasteiger partial charge on any atom is 0.319 e. The van der Waals surface area contributed by atoms with Gasteiger partial charge in [-0.1, -0.05) is 12.1 Å². The Labute approximate surface area is 132 Å². The molecule has 3 rings (SSSR count). The van der Waals surface area contributed by atoms with Gasteiger partial charge in [0.15, 0.2) is 0 Å². The van der Waals surface area contributed by atoms with Crippen molar-refractivity contribution in [2.45, 2.75) is 12.8 Å². The number of likely N-dealkylation sites (tertiary alicyclic amines) is 1. The smallest absolute Gasteiger partial charge is 0.319 e. The van der Waals surface area contributed by atoms with E-state index in [1.54, 1.807) is 4.90 Å². The van der Waals surface area contributed by atoms with Gasteiger partial charge in [0.1, 0.15) is 5.00 Å². The molecule has 0 radical (unpaired) electrons. The first kappa shape index (κ1) is 14.8. The van der Waals surface area contributed by atoms with Crippen molar-refractivity contribution in [3.8, 4) is 0 Å². The Morgan fingerprint density at radius 3 is 3.05 bits per heavy atom. The number of carbonyl (C=O) groups is 2. The summed E-state index contributed by atoms with van der Waals surface area (Å²) in [5, 5.41) is 7.38. The number of hydrogen-bond acceptors (Lipinski definition) is 4. The van der Waals surface area contributed by atoms with Gasteiger partial charge in [-0.05, 0) is 36.0 Å². The predicted molar refractivity (Wildman–Crippen MR) is 87.0 cm³/mol. The fraction of sp³-hybridized carbons (Fsp3) is 0.400. The zero-order valence-electron chi connectivity index (χ0n) is 12.3. The van der Waals surface area contributed by atoms with Crippen LogP contribution in [-0.2, 0) is 4.79 Å². The Morgan fingerprint density at radius 2 is 2.27 bits per heavy atom. The van der Waals surface area contributed by atoms with Crippen molar-refractivity contribution < 1.29 is 9.59 Å². The minimum absolute atomic E-state index is 0.186. The first-order valence-electron chi connectivity index (χ1n) is 7.26. The molecule has 2 aromatic rings. The molecule has 2 heterocycles. The van der Waals surface area contributed by atoms with E-state index in [1.165, 1.54) is 11.5 Å². The Balaban J connectivity index is 1.48. The van der Waals surface area contributed by atoms with Crippen molar-refractivity contribution in [3.63, 3.8) is 0 Å². The number of hydrogen-bond donors (Lipinski definition) is 2. The van der Waals surface area contributed by atoms with Gasteiger partial charge in [-0.3, -0.25) is 10.1 Å². The molecule has 1 aromatic heterocycles. The topological polar surface area (TPSA) is 74.3 Å². The van der Waals surface area contributed by atoms with Gasteiger partial charge in [0.05, 0.1) is 5.52 Å². The number of fused-ring (bicyclic) bond motifs is 1. The van der Waals surface area contributed by atoms with Crippen LogP contribution < -0.4 is 10.6 Å². The highest BCUT2D eigenvalue weighted by Gasteiger charge is 2.26. The van der Waals surface area contributed by atoms with E-state index in [0.29, 0.717) is 18.9 Å². The fourth-order valence-electron chi connectivity index (χ4n) is 2.67. The van der Waals surface area contributed by atoms with Gasteiger partial charge in [-0.2, -0.15) is 4.37 Å². The molecule has 0 saturated carbocycles. The number of nitrogens with one attached hydrogen (secondary N) is 2. The van der Waals surface area contributed by atoms with Crippen molar-refractivity contribution in [1.82, 2.24) is 14.6 Å². The van der Waals surface area contributed by atoms with E-state index in [-0.39, 0.29) is 11.9 Å². The van der Waals surface area contributed by atoms with Gasteiger partial charge in [-0.15, -0.1) is 0 Å². The van der Waals surface area contributed by atoms with Crippen LogP contribution in [0.3, 0.4) is 0 Å². The molecule has 1 unspecified atom stereocenters. The lowest BCUT2D eigenvalue weighted by Gasteiger charge is -2.11. The molecule has 1 atom stereocenters. The third kappa shape index (κ3) is 3.19. The average molecular weight is 318 g/mol. The highest BCUT2D eigenvalue weighted by molar-refractivity contribution is 7.12. The Kier molecular flexibility index (Phi) is 4.24. The molecule has 3 amide bonds. The predicted octanol–water partition coefficient (Wildman–Crippen LogP) is 2.29. The average Bonchev–Trinajstić information content (AvgIpc) is 3.04. The Hall–Kier alpha value is -2.15. The molecule has 1 aromatic carbocycles. The van der Waals surface area contributed by atoms with Gasteiger partial charge >= 0.3 is 6.03 Å². The molecule has 6 nitrogen and oxygen atoms in total. The first-order valence-corrected chi connectivity index (χ1v) is 8.04. The van der Waals surface area contributed by atoms with Gasteiger partial charge < -0.3 is 10.2 Å². The second-order valence-electron chi connectivity index (χ2n) is 5.54. The van der Waals surface area contributed by atoms with E-state index in [4.69, 9.17) is 0 Å². The van der Waals surface area contributed by atoms with E-state index in [0.717, 1.165) is 28.9 Å². The number of benzene rings is 1. The summed E-state index contributed by atoms with van der Waals surface area (Å²) in [4.78, 5) is 25.1. The van der Waals surface area contributed by atoms with Crippen molar-refractivity contribution in [2.24, 2.45) is 5.92 Å². The molecule has 1 aliphatic rings. The highest BCUT2D eigenvalue weighted by atomic mass is 32.1. The van der Waals surface area contributed by atoms with Crippen LogP contribution in [0.15, 0.2) is 24.3 Å². The van der Waals surface area contributed by atoms with Gasteiger partial charge in [0.2, 0.25) is 5.91 Å². The number of aromatic nitrogens is 1. The number of nitrogens with zero attached hydrogens (tertiary/aromatic N) is 2. The van der Waals surface area contributed by atoms with Crippen LogP contribution >= 0.6 is 11.5 Å². The minimum atomic E-state index is -0.230. The van der Waals surface area contributed by atoms with E-state index in [9.17, 15) is 9.59 Å². The van der Waals surface area contributed by atoms with E-state index < -0.39 is 0 Å². The molecule has 0 spiro atoms. The van der Waals surface area contributed by atoms with Crippen molar-refractivity contribution in [1.29, 1.82) is 0 Å². The summed E-state index contributed by atoms with van der Waals surface area (Å²) in [6, 6.07) is 7.47. The van der Waals surface area contributed by atoms with Crippen LogP contribution in [0.1, 0.15) is 12.8 Å². The largest absolute Gasteiger partial charge is 0.345 e. The lowest BCUT2D eigenvalue weighted by molar-refractivity contribution is -0.126. The molecule has 2 N–H and O–H groups in total. The molecular weight excluding hydrogens is 300 g/mol. The molecule has 1 saturated heterocycles. The highest BCUT2D eigenvalue weighted by Crippen LogP contribution is 2.27. The molecule has 116 valence electrons. The van der Waals surface area contributed by atoms with Crippen molar-refractivity contribution >= 4 is 39.4 Å². The molecular formula is C15H18N4O2S. The SMILES string of the molecule is CN1CC(CCNC(=O)Nc2snc3ccccc23)CC1=O. The second-order valence-corrected chi connectivity index (χ2v) is 6.32. The lowest BCUT2D eigenvalue weighted by atomic mass is 10.1. The number of rotatable bonds is 4. The molecule has 0 bridgehead atoms. The molecule has 0 aliphatic carbocycles. The maximum atomic E-state index is 11.9. The Morgan fingerprint density at radius 1 is 1.45 bits per heavy atom. The molecule has 7 heteroatoms. The first-order chi connectivity index (χ1) is 10.6. The summed E-state index contributed by atoms with van der Waals surface area (Å²) >= 11 is 1.28. The third-order valence-electron chi connectivity index (χ3n) is 3.87. The van der Waals surface area contributed by atoms with Crippen LogP contribution in [0.2, 0.25) is 0 Å². The number of amides is 3. The van der Waals surface area contributed by atoms with Crippen LogP contribution in [0.5, 0.6) is 0 Å². The van der Waals surface area contributed by atoms with Gasteiger partial charge in [0, 0.05) is 31.9 Å². The van der Waals surface area contributed by atoms with Gasteiger partial charge in [0.25, 0.3) is 0 Å². The van der Waals surface area contributed by atoms with E-state index in [1.807, 2.05) is 31.3 Å². The van der Waals surface area contributed by atoms with E-state index in [2.05, 4.69) is 15.0 Å². The zero-order valence-corrected chi connectivity index (χ0v) is 13.2. The molecule has 1 aliphatic heterocycles. The van der Waals surface area contributed by atoms with Crippen LogP contribution in [-0.4, -0.2) is 41.3 Å². The van der Waals surface area contributed by atoms with Crippen LogP contribution in [0.4, 0.5) is 9.80 Å². The third-order valence-corrected chi connectivity index (χ3v) is 4.66. The number of urea groups is 1.